The summed E-state index contributed by atoms with van der Waals surface area (Å²) in [5.74, 6) is 1.34. The first-order chi connectivity index (χ1) is 7.91. The lowest BCUT2D eigenvalue weighted by Gasteiger charge is -2.07. The topological polar surface area (TPSA) is 30.7 Å². The van der Waals surface area contributed by atoms with Crippen LogP contribution in [0.5, 0.6) is 0 Å². The Kier molecular flexibility index (Phi) is 3.46. The number of aromatic nitrogens is 3. The summed E-state index contributed by atoms with van der Waals surface area (Å²) in [6.45, 7) is 6.28. The number of nitrogens with zero attached hydrogens (tertiary/aromatic N) is 3. The Morgan fingerprint density at radius 2 is 2.00 bits per heavy atom. The molecule has 5 heteroatoms. The molecule has 0 aromatic carbocycles. The van der Waals surface area contributed by atoms with E-state index in [9.17, 15) is 0 Å². The van der Waals surface area contributed by atoms with Crippen LogP contribution in [0.4, 0.5) is 0 Å². The summed E-state index contributed by atoms with van der Waals surface area (Å²) in [5.41, 5.74) is 1.96. The van der Waals surface area contributed by atoms with Crippen molar-refractivity contribution in [2.24, 2.45) is 13.0 Å². The minimum Gasteiger partial charge on any atom is -0.318 e. The lowest BCUT2D eigenvalue weighted by atomic mass is 10.1. The van der Waals surface area contributed by atoms with E-state index < -0.39 is 0 Å². The summed E-state index contributed by atoms with van der Waals surface area (Å²) in [7, 11) is 1.92. The van der Waals surface area contributed by atoms with Crippen LogP contribution in [0.3, 0.4) is 0 Å². The molecule has 2 aromatic rings. The van der Waals surface area contributed by atoms with Crippen LogP contribution in [0.15, 0.2) is 4.47 Å². The van der Waals surface area contributed by atoms with Crippen molar-refractivity contribution in [1.29, 1.82) is 0 Å². The van der Waals surface area contributed by atoms with Gasteiger partial charge in [-0.1, -0.05) is 25.4 Å². The van der Waals surface area contributed by atoms with E-state index >= 15 is 0 Å². The third-order valence-corrected chi connectivity index (χ3v) is 4.13. The average Bonchev–Trinajstić information content (AvgIpc) is 2.43. The second kappa shape index (κ2) is 4.58. The molecule has 17 heavy (non-hydrogen) atoms. The second-order valence-electron chi connectivity index (χ2n) is 4.68. The molecule has 0 aliphatic heterocycles. The van der Waals surface area contributed by atoms with Crippen LogP contribution in [0.25, 0.3) is 11.0 Å². The molecule has 0 fully saturated rings. The van der Waals surface area contributed by atoms with E-state index in [-0.39, 0.29) is 0 Å². The predicted octanol–water partition coefficient (Wildman–Crippen LogP) is 3.89. The molecule has 0 radical (unpaired) electrons. The van der Waals surface area contributed by atoms with Gasteiger partial charge in [-0.05, 0) is 35.2 Å². The smallest absolute Gasteiger partial charge is 0.145 e. The maximum Gasteiger partial charge on any atom is 0.145 e. The van der Waals surface area contributed by atoms with Gasteiger partial charge < -0.3 is 4.57 Å². The van der Waals surface area contributed by atoms with Crippen LogP contribution in [0.1, 0.15) is 25.4 Å². The summed E-state index contributed by atoms with van der Waals surface area (Å²) < 4.78 is 2.78. The normalized spacial score (nSPS) is 11.7. The van der Waals surface area contributed by atoms with Crippen molar-refractivity contribution in [2.75, 3.05) is 0 Å². The molecule has 0 unspecified atom stereocenters. The molecule has 0 aliphatic carbocycles. The Morgan fingerprint density at radius 3 is 2.59 bits per heavy atom. The van der Waals surface area contributed by atoms with Crippen LogP contribution in [0, 0.1) is 12.8 Å². The molecule has 2 heterocycles. The maximum absolute atomic E-state index is 6.23. The van der Waals surface area contributed by atoms with Crippen molar-refractivity contribution in [3.63, 3.8) is 0 Å². The van der Waals surface area contributed by atoms with Gasteiger partial charge in [-0.25, -0.2) is 9.97 Å². The number of aryl methyl sites for hydroxylation is 2. The van der Waals surface area contributed by atoms with E-state index in [1.807, 2.05) is 18.5 Å². The summed E-state index contributed by atoms with van der Waals surface area (Å²) in [6.07, 6.45) is 0.929. The minimum atomic E-state index is 0.554. The molecule has 0 atom stereocenters. The Bertz CT molecular complexity index is 575. The first-order valence-corrected chi connectivity index (χ1v) is 6.75. The first-order valence-electron chi connectivity index (χ1n) is 5.58. The molecule has 2 aromatic heterocycles. The zero-order valence-electron chi connectivity index (χ0n) is 10.4. The van der Waals surface area contributed by atoms with E-state index in [1.54, 1.807) is 0 Å². The Balaban J connectivity index is 2.78. The van der Waals surface area contributed by atoms with Gasteiger partial charge in [0.2, 0.25) is 0 Å². The number of fused-ring (bicyclic) bond motifs is 1. The monoisotopic (exact) mass is 315 g/mol. The first kappa shape index (κ1) is 12.8. The highest BCUT2D eigenvalue weighted by Crippen LogP contribution is 2.35. The fourth-order valence-electron chi connectivity index (χ4n) is 1.96. The minimum absolute atomic E-state index is 0.554. The van der Waals surface area contributed by atoms with Gasteiger partial charge in [-0.2, -0.15) is 0 Å². The highest BCUT2D eigenvalue weighted by atomic mass is 79.9. The van der Waals surface area contributed by atoms with Crippen LogP contribution in [0.2, 0.25) is 5.15 Å². The van der Waals surface area contributed by atoms with Crippen molar-refractivity contribution >= 4 is 38.6 Å². The van der Waals surface area contributed by atoms with Gasteiger partial charge in [0.1, 0.15) is 16.6 Å². The van der Waals surface area contributed by atoms with Crippen molar-refractivity contribution in [3.05, 3.63) is 21.1 Å². The van der Waals surface area contributed by atoms with E-state index in [0.717, 1.165) is 33.4 Å². The van der Waals surface area contributed by atoms with Crippen molar-refractivity contribution < 1.29 is 0 Å². The molecular weight excluding hydrogens is 302 g/mol. The summed E-state index contributed by atoms with van der Waals surface area (Å²) in [4.78, 5) is 9.01. The lowest BCUT2D eigenvalue weighted by molar-refractivity contribution is 0.636. The summed E-state index contributed by atoms with van der Waals surface area (Å²) in [6, 6.07) is 0. The third kappa shape index (κ3) is 2.20. The quantitative estimate of drug-likeness (QED) is 0.841. The Labute approximate surface area is 114 Å². The Morgan fingerprint density at radius 1 is 1.35 bits per heavy atom. The van der Waals surface area contributed by atoms with Crippen molar-refractivity contribution in [1.82, 2.24) is 14.5 Å². The van der Waals surface area contributed by atoms with Gasteiger partial charge in [0.05, 0.1) is 15.6 Å². The largest absolute Gasteiger partial charge is 0.318 e. The molecule has 0 saturated carbocycles. The molecule has 3 nitrogen and oxygen atoms in total. The standard InChI is InChI=1S/C12H15BrClN3/c1-6(2)5-8-9-10(13)11(14)17(4)12(9)16-7(3)15-8/h6H,5H2,1-4H3. The fraction of sp³-hybridized carbons (Fsp3) is 0.500. The highest BCUT2D eigenvalue weighted by molar-refractivity contribution is 9.10. The van der Waals surface area contributed by atoms with E-state index in [1.165, 1.54) is 0 Å². The zero-order valence-corrected chi connectivity index (χ0v) is 12.7. The van der Waals surface area contributed by atoms with Gasteiger partial charge in [0, 0.05) is 7.05 Å². The van der Waals surface area contributed by atoms with Crippen LogP contribution >= 0.6 is 27.5 Å². The Hall–Kier alpha value is -0.610. The number of hydrogen-bond acceptors (Lipinski definition) is 2. The second-order valence-corrected chi connectivity index (χ2v) is 5.83. The highest BCUT2D eigenvalue weighted by Gasteiger charge is 2.18. The summed E-state index contributed by atoms with van der Waals surface area (Å²) in [5, 5.41) is 1.71. The number of hydrogen-bond donors (Lipinski definition) is 0. The van der Waals surface area contributed by atoms with Gasteiger partial charge in [-0.3, -0.25) is 0 Å². The van der Waals surface area contributed by atoms with E-state index in [4.69, 9.17) is 11.6 Å². The van der Waals surface area contributed by atoms with Gasteiger partial charge in [-0.15, -0.1) is 0 Å². The number of rotatable bonds is 2. The maximum atomic E-state index is 6.23. The number of halogens is 2. The molecule has 0 spiro atoms. The van der Waals surface area contributed by atoms with Crippen LogP contribution < -0.4 is 0 Å². The molecule has 0 aliphatic rings. The van der Waals surface area contributed by atoms with Crippen LogP contribution in [-0.4, -0.2) is 14.5 Å². The van der Waals surface area contributed by atoms with E-state index in [0.29, 0.717) is 11.1 Å². The zero-order chi connectivity index (χ0) is 12.7. The summed E-state index contributed by atoms with van der Waals surface area (Å²) >= 11 is 9.76. The third-order valence-electron chi connectivity index (χ3n) is 2.69. The molecule has 0 bridgehead atoms. The molecule has 92 valence electrons. The molecule has 0 amide bonds. The average molecular weight is 317 g/mol. The van der Waals surface area contributed by atoms with Gasteiger partial charge in [0.25, 0.3) is 0 Å². The van der Waals surface area contributed by atoms with Gasteiger partial charge >= 0.3 is 0 Å². The van der Waals surface area contributed by atoms with Gasteiger partial charge in [0.15, 0.2) is 0 Å². The molecule has 0 N–H and O–H groups in total. The van der Waals surface area contributed by atoms with Crippen LogP contribution in [-0.2, 0) is 13.5 Å². The molecular formula is C12H15BrClN3. The molecule has 0 saturated heterocycles. The van der Waals surface area contributed by atoms with Crippen molar-refractivity contribution in [3.8, 4) is 0 Å². The SMILES string of the molecule is Cc1nc(CC(C)C)c2c(Br)c(Cl)n(C)c2n1. The van der Waals surface area contributed by atoms with Crippen molar-refractivity contribution in [2.45, 2.75) is 27.2 Å². The predicted molar refractivity (Wildman–Crippen MR) is 74.5 cm³/mol. The van der Waals surface area contributed by atoms with E-state index in [2.05, 4.69) is 39.7 Å². The molecule has 2 rings (SSSR count). The fourth-order valence-corrected chi connectivity index (χ4v) is 2.81. The lowest BCUT2D eigenvalue weighted by Crippen LogP contribution is -2.02.